The highest BCUT2D eigenvalue weighted by Crippen LogP contribution is 2.25. The van der Waals surface area contributed by atoms with Crippen molar-refractivity contribution in [3.8, 4) is 5.69 Å². The van der Waals surface area contributed by atoms with Gasteiger partial charge in [0, 0.05) is 18.7 Å². The number of halogens is 1. The largest absolute Gasteiger partial charge is 0.338 e. The fraction of sp³-hybridized carbons (Fsp3) is 0.261. The van der Waals surface area contributed by atoms with Crippen LogP contribution in [-0.4, -0.2) is 39.6 Å². The van der Waals surface area contributed by atoms with Gasteiger partial charge < -0.3 is 10.2 Å². The van der Waals surface area contributed by atoms with Gasteiger partial charge in [0.05, 0.1) is 11.9 Å². The van der Waals surface area contributed by atoms with Crippen LogP contribution in [0.5, 0.6) is 0 Å². The van der Waals surface area contributed by atoms with Gasteiger partial charge in [0.1, 0.15) is 17.2 Å². The van der Waals surface area contributed by atoms with Crippen molar-refractivity contribution in [3.63, 3.8) is 0 Å². The van der Waals surface area contributed by atoms with E-state index in [1.807, 2.05) is 35.2 Å². The number of aromatic nitrogens is 2. The summed E-state index contributed by atoms with van der Waals surface area (Å²) < 4.78 is 14.8. The molecule has 7 heteroatoms. The Hall–Kier alpha value is -3.48. The Morgan fingerprint density at radius 3 is 2.53 bits per heavy atom. The average Bonchev–Trinajstić information content (AvgIpc) is 3.17. The van der Waals surface area contributed by atoms with Gasteiger partial charge in [-0.15, -0.1) is 0 Å². The molecular weight excluding hydrogens is 383 g/mol. The lowest BCUT2D eigenvalue weighted by molar-refractivity contribution is 0.0684. The van der Waals surface area contributed by atoms with Gasteiger partial charge in [-0.1, -0.05) is 25.1 Å². The SMILES string of the molecule is C[C@@H]1CCCN(C(=O)c2cnn(-c3ccccc3)c2NC(=O)c2ccc(F)cc2)C1. The Morgan fingerprint density at radius 1 is 1.10 bits per heavy atom. The van der Waals surface area contributed by atoms with Gasteiger partial charge in [0.25, 0.3) is 11.8 Å². The molecule has 3 aromatic rings. The van der Waals surface area contributed by atoms with Crippen LogP contribution in [0.1, 0.15) is 40.5 Å². The Kier molecular flexibility index (Phi) is 5.61. The van der Waals surface area contributed by atoms with E-state index in [1.165, 1.54) is 30.5 Å². The summed E-state index contributed by atoms with van der Waals surface area (Å²) in [6, 6.07) is 14.5. The molecule has 6 nitrogen and oxygen atoms in total. The first-order valence-electron chi connectivity index (χ1n) is 10.0. The van der Waals surface area contributed by atoms with Crippen molar-refractivity contribution in [2.75, 3.05) is 18.4 Å². The highest BCUT2D eigenvalue weighted by molar-refractivity contribution is 6.08. The number of rotatable bonds is 4. The third-order valence-electron chi connectivity index (χ3n) is 5.28. The lowest BCUT2D eigenvalue weighted by atomic mass is 10.00. The molecule has 2 amide bonds. The summed E-state index contributed by atoms with van der Waals surface area (Å²) in [5, 5.41) is 7.19. The topological polar surface area (TPSA) is 67.2 Å². The van der Waals surface area contributed by atoms with E-state index in [0.717, 1.165) is 18.5 Å². The van der Waals surface area contributed by atoms with Crippen LogP contribution < -0.4 is 5.32 Å². The van der Waals surface area contributed by atoms with Crippen LogP contribution in [-0.2, 0) is 0 Å². The number of nitrogens with one attached hydrogen (secondary N) is 1. The maximum atomic E-state index is 13.2. The molecule has 1 atom stereocenters. The van der Waals surface area contributed by atoms with Gasteiger partial charge in [-0.3, -0.25) is 9.59 Å². The predicted octanol–water partition coefficient (Wildman–Crippen LogP) is 4.14. The minimum Gasteiger partial charge on any atom is -0.338 e. The van der Waals surface area contributed by atoms with Gasteiger partial charge in [-0.2, -0.15) is 5.10 Å². The van der Waals surface area contributed by atoms with Crippen LogP contribution in [0.4, 0.5) is 10.2 Å². The normalized spacial score (nSPS) is 16.3. The molecule has 4 rings (SSSR count). The Labute approximate surface area is 174 Å². The molecule has 0 aliphatic carbocycles. The van der Waals surface area contributed by atoms with Crippen molar-refractivity contribution in [3.05, 3.63) is 77.7 Å². The lowest BCUT2D eigenvalue weighted by Crippen LogP contribution is -2.39. The molecule has 2 aromatic carbocycles. The number of amides is 2. The van der Waals surface area contributed by atoms with Crippen LogP contribution in [0, 0.1) is 11.7 Å². The molecule has 1 aliphatic rings. The minimum atomic E-state index is -0.436. The van der Waals surface area contributed by atoms with Crippen molar-refractivity contribution in [1.29, 1.82) is 0 Å². The fourth-order valence-corrected chi connectivity index (χ4v) is 3.72. The van der Waals surface area contributed by atoms with Gasteiger partial charge in [-0.05, 0) is 55.2 Å². The average molecular weight is 406 g/mol. The molecule has 0 radical (unpaired) electrons. The van der Waals surface area contributed by atoms with Crippen molar-refractivity contribution >= 4 is 17.6 Å². The van der Waals surface area contributed by atoms with Crippen LogP contribution in [0.15, 0.2) is 60.8 Å². The Balaban J connectivity index is 1.70. The third kappa shape index (κ3) is 4.10. The zero-order chi connectivity index (χ0) is 21.1. The molecular formula is C23H23FN4O2. The molecule has 1 aliphatic heterocycles. The number of hydrogen-bond acceptors (Lipinski definition) is 3. The minimum absolute atomic E-state index is 0.155. The van der Waals surface area contributed by atoms with Crippen LogP contribution in [0.3, 0.4) is 0 Å². The molecule has 1 saturated heterocycles. The number of para-hydroxylation sites is 1. The summed E-state index contributed by atoms with van der Waals surface area (Å²) in [5.74, 6) is -0.272. The molecule has 0 spiro atoms. The lowest BCUT2D eigenvalue weighted by Gasteiger charge is -2.30. The first-order chi connectivity index (χ1) is 14.5. The Bertz CT molecular complexity index is 1050. The van der Waals surface area contributed by atoms with Gasteiger partial charge >= 0.3 is 0 Å². The maximum absolute atomic E-state index is 13.2. The fourth-order valence-electron chi connectivity index (χ4n) is 3.72. The predicted molar refractivity (Wildman–Crippen MR) is 112 cm³/mol. The quantitative estimate of drug-likeness (QED) is 0.708. The van der Waals surface area contributed by atoms with Crippen molar-refractivity contribution in [2.24, 2.45) is 5.92 Å². The second kappa shape index (κ2) is 8.49. The number of anilines is 1. The number of likely N-dealkylation sites (tertiary alicyclic amines) is 1. The smallest absolute Gasteiger partial charge is 0.259 e. The number of carbonyl (C=O) groups is 2. The third-order valence-corrected chi connectivity index (χ3v) is 5.28. The number of nitrogens with zero attached hydrogens (tertiary/aromatic N) is 3. The van der Waals surface area contributed by atoms with Gasteiger partial charge in [-0.25, -0.2) is 9.07 Å². The van der Waals surface area contributed by atoms with Crippen molar-refractivity contribution in [2.45, 2.75) is 19.8 Å². The molecule has 0 bridgehead atoms. The molecule has 0 unspecified atom stereocenters. The molecule has 30 heavy (non-hydrogen) atoms. The van der Waals surface area contributed by atoms with E-state index in [1.54, 1.807) is 4.68 Å². The van der Waals surface area contributed by atoms with E-state index in [-0.39, 0.29) is 5.91 Å². The molecule has 154 valence electrons. The highest BCUT2D eigenvalue weighted by atomic mass is 19.1. The zero-order valence-electron chi connectivity index (χ0n) is 16.7. The molecule has 1 fully saturated rings. The van der Waals surface area contributed by atoms with Crippen LogP contribution in [0.25, 0.3) is 5.69 Å². The van der Waals surface area contributed by atoms with E-state index in [4.69, 9.17) is 0 Å². The number of benzene rings is 2. The second-order valence-electron chi connectivity index (χ2n) is 7.61. The van der Waals surface area contributed by atoms with E-state index >= 15 is 0 Å². The van der Waals surface area contributed by atoms with E-state index < -0.39 is 11.7 Å². The summed E-state index contributed by atoms with van der Waals surface area (Å²) >= 11 is 0. The number of piperidine rings is 1. The first kappa shape index (κ1) is 19.8. The summed E-state index contributed by atoms with van der Waals surface area (Å²) in [6.45, 7) is 3.50. The van der Waals surface area contributed by atoms with Crippen LogP contribution >= 0.6 is 0 Å². The summed E-state index contributed by atoms with van der Waals surface area (Å²) in [7, 11) is 0. The monoisotopic (exact) mass is 406 g/mol. The number of carbonyl (C=O) groups excluding carboxylic acids is 2. The molecule has 2 heterocycles. The van der Waals surface area contributed by atoms with E-state index in [2.05, 4.69) is 17.3 Å². The standard InChI is InChI=1S/C23H23FN4O2/c1-16-6-5-13-27(15-16)23(30)20-14-25-28(19-7-3-2-4-8-19)21(20)26-22(29)17-9-11-18(24)12-10-17/h2-4,7-12,14,16H,5-6,13,15H2,1H3,(H,26,29)/t16-/m1/s1. The van der Waals surface area contributed by atoms with Crippen molar-refractivity contribution in [1.82, 2.24) is 14.7 Å². The summed E-state index contributed by atoms with van der Waals surface area (Å²) in [6.07, 6.45) is 3.55. The van der Waals surface area contributed by atoms with Gasteiger partial charge in [0.15, 0.2) is 0 Å². The summed E-state index contributed by atoms with van der Waals surface area (Å²) in [4.78, 5) is 27.9. The first-order valence-corrected chi connectivity index (χ1v) is 10.0. The van der Waals surface area contributed by atoms with E-state index in [0.29, 0.717) is 36.0 Å². The molecule has 1 N–H and O–H groups in total. The molecule has 1 aromatic heterocycles. The van der Waals surface area contributed by atoms with Gasteiger partial charge in [0.2, 0.25) is 0 Å². The second-order valence-corrected chi connectivity index (χ2v) is 7.61. The zero-order valence-corrected chi connectivity index (χ0v) is 16.7. The molecule has 0 saturated carbocycles. The highest BCUT2D eigenvalue weighted by Gasteiger charge is 2.27. The van der Waals surface area contributed by atoms with E-state index in [9.17, 15) is 14.0 Å². The maximum Gasteiger partial charge on any atom is 0.259 e. The Morgan fingerprint density at radius 2 is 1.83 bits per heavy atom. The van der Waals surface area contributed by atoms with Crippen LogP contribution in [0.2, 0.25) is 0 Å². The number of hydrogen-bond donors (Lipinski definition) is 1. The summed E-state index contributed by atoms with van der Waals surface area (Å²) in [5.41, 5.74) is 1.35. The van der Waals surface area contributed by atoms with Crippen molar-refractivity contribution < 1.29 is 14.0 Å².